The van der Waals surface area contributed by atoms with Crippen LogP contribution < -0.4 is 4.90 Å². The Bertz CT molecular complexity index is 1630. The highest BCUT2D eigenvalue weighted by Gasteiger charge is 2.44. The lowest BCUT2D eigenvalue weighted by Gasteiger charge is -2.56. The van der Waals surface area contributed by atoms with E-state index in [0.29, 0.717) is 24.3 Å². The number of aromatic amines is 1. The van der Waals surface area contributed by atoms with Crippen LogP contribution in [0.15, 0.2) is 55.0 Å². The number of piperazine rings is 1. The van der Waals surface area contributed by atoms with E-state index in [2.05, 4.69) is 72.2 Å². The molecule has 2 unspecified atom stereocenters. The topological polar surface area (TPSA) is 99.6 Å². The normalized spacial score (nSPS) is 18.6. The number of rotatable bonds is 7. The molecule has 40 heavy (non-hydrogen) atoms. The summed E-state index contributed by atoms with van der Waals surface area (Å²) >= 11 is 1.68. The van der Waals surface area contributed by atoms with Crippen LogP contribution in [0.4, 0.5) is 5.82 Å². The van der Waals surface area contributed by atoms with E-state index in [1.165, 1.54) is 16.9 Å². The number of nitrogens with one attached hydrogen (secondary N) is 1. The second-order valence-electron chi connectivity index (χ2n) is 10.9. The number of pyridine rings is 2. The molecule has 3 saturated heterocycles. The molecular weight excluding hydrogens is 518 g/mol. The molecule has 2 bridgehead atoms. The highest BCUT2D eigenvalue weighted by Crippen LogP contribution is 2.36. The third-order valence-electron chi connectivity index (χ3n) is 7.73. The van der Waals surface area contributed by atoms with Gasteiger partial charge in [-0.1, -0.05) is 6.07 Å². The SMILES string of the molecule is Cc1cc(Cc2cc(C)[nH]n2)nc(-c2ccc(N3CC4CC(C3)N4Cc3ccc(-c4ncc(C)s4)nc3)nc2)n1. The van der Waals surface area contributed by atoms with Crippen LogP contribution in [0, 0.1) is 20.8 Å². The smallest absolute Gasteiger partial charge is 0.161 e. The molecule has 8 heterocycles. The van der Waals surface area contributed by atoms with Gasteiger partial charge in [0.15, 0.2) is 5.82 Å². The number of hydrogen-bond acceptors (Lipinski definition) is 9. The molecule has 0 amide bonds. The molecule has 0 radical (unpaired) electrons. The number of aryl methyl sites for hydroxylation is 3. The standard InChI is InChI=1S/C30H31N9S/c1-18-8-23(10-24-9-19(2)36-37-24)35-29(34-18)22-5-7-28(32-14-22)38-16-25-11-26(17-38)39(25)15-21-4-6-27(31-13-21)30-33-12-20(3)40-30/h4-9,12-14,25-26H,10-11,15-17H2,1-3H3,(H,36,37). The summed E-state index contributed by atoms with van der Waals surface area (Å²) in [6.07, 6.45) is 7.73. The number of H-pyrrole nitrogens is 1. The van der Waals surface area contributed by atoms with Crippen molar-refractivity contribution in [1.29, 1.82) is 0 Å². The fourth-order valence-corrected chi connectivity index (χ4v) is 6.51. The number of thiazole rings is 1. The predicted octanol–water partition coefficient (Wildman–Crippen LogP) is 4.76. The molecule has 0 saturated carbocycles. The minimum atomic E-state index is 0.537. The van der Waals surface area contributed by atoms with Gasteiger partial charge in [0, 0.05) is 78.6 Å². The van der Waals surface area contributed by atoms with Crippen molar-refractivity contribution in [3.05, 3.63) is 88.2 Å². The maximum Gasteiger partial charge on any atom is 0.161 e. The molecule has 10 heteroatoms. The molecule has 0 aliphatic carbocycles. The molecule has 1 N–H and O–H groups in total. The van der Waals surface area contributed by atoms with Crippen LogP contribution in [0.25, 0.3) is 22.1 Å². The van der Waals surface area contributed by atoms with Gasteiger partial charge in [-0.15, -0.1) is 11.3 Å². The zero-order valence-corrected chi connectivity index (χ0v) is 23.7. The van der Waals surface area contributed by atoms with Gasteiger partial charge in [0.2, 0.25) is 0 Å². The lowest BCUT2D eigenvalue weighted by Crippen LogP contribution is -2.68. The highest BCUT2D eigenvalue weighted by molar-refractivity contribution is 7.14. The van der Waals surface area contributed by atoms with Gasteiger partial charge in [-0.2, -0.15) is 5.10 Å². The third-order valence-corrected chi connectivity index (χ3v) is 8.67. The van der Waals surface area contributed by atoms with Crippen LogP contribution in [0.3, 0.4) is 0 Å². The Morgan fingerprint density at radius 3 is 2.45 bits per heavy atom. The van der Waals surface area contributed by atoms with Gasteiger partial charge in [-0.05, 0) is 63.1 Å². The average molecular weight is 550 g/mol. The van der Waals surface area contributed by atoms with Crippen LogP contribution in [-0.2, 0) is 13.0 Å². The van der Waals surface area contributed by atoms with E-state index in [0.717, 1.165) is 64.5 Å². The van der Waals surface area contributed by atoms with Crippen LogP contribution in [0.5, 0.6) is 0 Å². The molecule has 202 valence electrons. The Kier molecular flexibility index (Phi) is 6.36. The van der Waals surface area contributed by atoms with Crippen molar-refractivity contribution in [1.82, 2.24) is 40.0 Å². The maximum atomic E-state index is 4.82. The maximum absolute atomic E-state index is 4.82. The fraction of sp³-hybridized carbons (Fsp3) is 0.333. The van der Waals surface area contributed by atoms with Crippen molar-refractivity contribution < 1.29 is 0 Å². The van der Waals surface area contributed by atoms with Crippen molar-refractivity contribution in [2.75, 3.05) is 18.0 Å². The molecule has 0 spiro atoms. The second kappa shape index (κ2) is 10.2. The lowest BCUT2D eigenvalue weighted by molar-refractivity contribution is -0.00874. The summed E-state index contributed by atoms with van der Waals surface area (Å²) in [7, 11) is 0. The van der Waals surface area contributed by atoms with Crippen molar-refractivity contribution >= 4 is 17.2 Å². The van der Waals surface area contributed by atoms with E-state index in [9.17, 15) is 0 Å². The zero-order chi connectivity index (χ0) is 27.2. The van der Waals surface area contributed by atoms with Gasteiger partial charge >= 0.3 is 0 Å². The summed E-state index contributed by atoms with van der Waals surface area (Å²) < 4.78 is 0. The Hall–Kier alpha value is -4.02. The number of fused-ring (bicyclic) bond motifs is 2. The molecule has 5 aromatic heterocycles. The summed E-state index contributed by atoms with van der Waals surface area (Å²) in [5, 5.41) is 8.33. The van der Waals surface area contributed by atoms with Gasteiger partial charge < -0.3 is 4.90 Å². The minimum absolute atomic E-state index is 0.537. The number of nitrogens with zero attached hydrogens (tertiary/aromatic N) is 8. The quantitative estimate of drug-likeness (QED) is 0.310. The van der Waals surface area contributed by atoms with E-state index in [-0.39, 0.29) is 0 Å². The monoisotopic (exact) mass is 549 g/mol. The van der Waals surface area contributed by atoms with E-state index >= 15 is 0 Å². The summed E-state index contributed by atoms with van der Waals surface area (Å²) in [5.74, 6) is 1.72. The van der Waals surface area contributed by atoms with Crippen molar-refractivity contribution in [2.24, 2.45) is 0 Å². The fourth-order valence-electron chi connectivity index (χ4n) is 5.77. The number of piperidine rings is 1. The molecule has 2 atom stereocenters. The summed E-state index contributed by atoms with van der Waals surface area (Å²) in [6.45, 7) is 8.99. The number of hydrogen-bond donors (Lipinski definition) is 1. The first-order chi connectivity index (χ1) is 19.5. The zero-order valence-electron chi connectivity index (χ0n) is 22.9. The number of anilines is 1. The van der Waals surface area contributed by atoms with Gasteiger partial charge in [-0.25, -0.2) is 19.9 Å². The Morgan fingerprint density at radius 2 is 1.77 bits per heavy atom. The Balaban J connectivity index is 0.991. The first-order valence-corrected chi connectivity index (χ1v) is 14.5. The molecule has 0 aromatic carbocycles. The molecule has 8 rings (SSSR count). The Morgan fingerprint density at radius 1 is 0.900 bits per heavy atom. The number of aromatic nitrogens is 7. The van der Waals surface area contributed by atoms with E-state index in [1.807, 2.05) is 38.5 Å². The van der Waals surface area contributed by atoms with Crippen molar-refractivity contribution in [3.8, 4) is 22.1 Å². The molecule has 3 aliphatic heterocycles. The van der Waals surface area contributed by atoms with E-state index in [4.69, 9.17) is 9.97 Å². The van der Waals surface area contributed by atoms with Gasteiger partial charge in [-0.3, -0.25) is 15.0 Å². The van der Waals surface area contributed by atoms with Gasteiger partial charge in [0.25, 0.3) is 0 Å². The molecule has 3 fully saturated rings. The molecule has 5 aromatic rings. The third kappa shape index (κ3) is 5.00. The summed E-state index contributed by atoms with van der Waals surface area (Å²) in [5.41, 5.74) is 7.06. The minimum Gasteiger partial charge on any atom is -0.353 e. The molecule has 9 nitrogen and oxygen atoms in total. The summed E-state index contributed by atoms with van der Waals surface area (Å²) in [6, 6.07) is 13.6. The first kappa shape index (κ1) is 25.0. The van der Waals surface area contributed by atoms with Gasteiger partial charge in [0.05, 0.1) is 17.1 Å². The highest BCUT2D eigenvalue weighted by atomic mass is 32.1. The van der Waals surface area contributed by atoms with Crippen LogP contribution in [0.1, 0.15) is 39.6 Å². The van der Waals surface area contributed by atoms with Crippen LogP contribution >= 0.6 is 11.3 Å². The Labute approximate surface area is 237 Å². The summed E-state index contributed by atoms with van der Waals surface area (Å²) in [4.78, 5) is 29.7. The van der Waals surface area contributed by atoms with Crippen LogP contribution in [-0.4, -0.2) is 65.2 Å². The predicted molar refractivity (Wildman–Crippen MR) is 156 cm³/mol. The first-order valence-electron chi connectivity index (χ1n) is 13.7. The van der Waals surface area contributed by atoms with E-state index < -0.39 is 0 Å². The largest absolute Gasteiger partial charge is 0.353 e. The second-order valence-corrected chi connectivity index (χ2v) is 12.1. The van der Waals surface area contributed by atoms with Crippen molar-refractivity contribution in [2.45, 2.75) is 52.2 Å². The van der Waals surface area contributed by atoms with Crippen molar-refractivity contribution in [3.63, 3.8) is 0 Å². The average Bonchev–Trinajstić information content (AvgIpc) is 3.59. The van der Waals surface area contributed by atoms with Crippen LogP contribution in [0.2, 0.25) is 0 Å². The van der Waals surface area contributed by atoms with Gasteiger partial charge in [0.1, 0.15) is 10.8 Å². The lowest BCUT2D eigenvalue weighted by atomic mass is 9.87. The molecule has 3 aliphatic rings. The van der Waals surface area contributed by atoms with E-state index in [1.54, 1.807) is 11.3 Å². The molecular formula is C30H31N9S.